The summed E-state index contributed by atoms with van der Waals surface area (Å²) in [7, 11) is -4.05. The van der Waals surface area contributed by atoms with E-state index in [0.717, 1.165) is 28.3 Å². The number of halogens is 3. The third kappa shape index (κ3) is 8.24. The molecule has 39 heavy (non-hydrogen) atoms. The van der Waals surface area contributed by atoms with E-state index in [1.54, 1.807) is 44.2 Å². The second-order valence-corrected chi connectivity index (χ2v) is 11.7. The minimum Gasteiger partial charge on any atom is -0.352 e. The highest BCUT2D eigenvalue weighted by molar-refractivity contribution is 7.92. The molecule has 0 aromatic heterocycles. The van der Waals surface area contributed by atoms with Gasteiger partial charge < -0.3 is 10.2 Å². The van der Waals surface area contributed by atoms with Gasteiger partial charge >= 0.3 is 0 Å². The lowest BCUT2D eigenvalue weighted by atomic mass is 10.0. The smallest absolute Gasteiger partial charge is 0.244 e. The van der Waals surface area contributed by atoms with Crippen molar-refractivity contribution in [3.05, 3.63) is 101 Å². The Morgan fingerprint density at radius 1 is 0.949 bits per heavy atom. The normalized spacial score (nSPS) is 12.2. The van der Waals surface area contributed by atoms with Crippen LogP contribution in [0.3, 0.4) is 0 Å². The van der Waals surface area contributed by atoms with Gasteiger partial charge in [-0.3, -0.25) is 13.9 Å². The van der Waals surface area contributed by atoms with E-state index in [-0.39, 0.29) is 35.3 Å². The van der Waals surface area contributed by atoms with Crippen LogP contribution in [0.25, 0.3) is 0 Å². The molecule has 0 heterocycles. The number of nitrogens with one attached hydrogen (secondary N) is 1. The number of carbonyl (C=O) groups excluding carboxylic acids is 2. The molecule has 7 nitrogen and oxygen atoms in total. The number of rotatable bonds is 11. The number of anilines is 1. The molecule has 11 heteroatoms. The summed E-state index contributed by atoms with van der Waals surface area (Å²) in [4.78, 5) is 28.5. The van der Waals surface area contributed by atoms with E-state index in [0.29, 0.717) is 0 Å². The van der Waals surface area contributed by atoms with E-state index in [1.165, 1.54) is 29.2 Å². The SMILES string of the molecule is CC(C)NC(=O)[C@H](Cc1ccccc1)N(Cc1ccccc1F)C(=O)CN(c1ccc(F)c(Cl)c1)S(C)(=O)=O. The Bertz CT molecular complexity index is 1420. The summed E-state index contributed by atoms with van der Waals surface area (Å²) < 4.78 is 54.7. The molecule has 0 aliphatic rings. The number of amides is 2. The van der Waals surface area contributed by atoms with E-state index in [2.05, 4.69) is 5.32 Å². The maximum Gasteiger partial charge on any atom is 0.244 e. The zero-order chi connectivity index (χ0) is 28.7. The molecular weight excluding hydrogens is 548 g/mol. The van der Waals surface area contributed by atoms with E-state index >= 15 is 0 Å². The summed E-state index contributed by atoms with van der Waals surface area (Å²) in [6.45, 7) is 2.51. The molecule has 0 aliphatic heterocycles. The number of hydrogen-bond donors (Lipinski definition) is 1. The average molecular weight is 578 g/mol. The largest absolute Gasteiger partial charge is 0.352 e. The maximum absolute atomic E-state index is 14.7. The molecule has 0 saturated heterocycles. The fourth-order valence-corrected chi connectivity index (χ4v) is 5.01. The Morgan fingerprint density at radius 2 is 1.59 bits per heavy atom. The molecular formula is C28H30ClF2N3O4S. The summed E-state index contributed by atoms with van der Waals surface area (Å²) in [6, 6.07) is 16.7. The monoisotopic (exact) mass is 577 g/mol. The van der Waals surface area contributed by atoms with Gasteiger partial charge in [-0.1, -0.05) is 60.1 Å². The lowest BCUT2D eigenvalue weighted by Crippen LogP contribution is -2.54. The van der Waals surface area contributed by atoms with Crippen LogP contribution in [0.15, 0.2) is 72.8 Å². The summed E-state index contributed by atoms with van der Waals surface area (Å²) in [5, 5.41) is 2.49. The van der Waals surface area contributed by atoms with Crippen LogP contribution < -0.4 is 9.62 Å². The highest BCUT2D eigenvalue weighted by atomic mass is 35.5. The molecule has 0 radical (unpaired) electrons. The van der Waals surface area contributed by atoms with Crippen LogP contribution in [0.4, 0.5) is 14.5 Å². The van der Waals surface area contributed by atoms with Gasteiger partial charge in [0.05, 0.1) is 17.0 Å². The second-order valence-electron chi connectivity index (χ2n) is 9.35. The molecule has 3 rings (SSSR count). The Hall–Kier alpha value is -3.50. The van der Waals surface area contributed by atoms with Gasteiger partial charge in [-0.05, 0) is 43.7 Å². The first-order chi connectivity index (χ1) is 18.4. The summed E-state index contributed by atoms with van der Waals surface area (Å²) in [6.07, 6.45) is 0.993. The second kappa shape index (κ2) is 13.0. The Morgan fingerprint density at radius 3 is 2.18 bits per heavy atom. The van der Waals surface area contributed by atoms with Crippen LogP contribution in [-0.2, 0) is 32.6 Å². The summed E-state index contributed by atoms with van der Waals surface area (Å²) in [5.74, 6) is -2.57. The topological polar surface area (TPSA) is 86.8 Å². The van der Waals surface area contributed by atoms with Crippen molar-refractivity contribution in [1.82, 2.24) is 10.2 Å². The lowest BCUT2D eigenvalue weighted by molar-refractivity contribution is -0.140. The standard InChI is InChI=1S/C28H30ClF2N3O4S/c1-19(2)32-28(36)26(15-20-9-5-4-6-10-20)33(17-21-11-7-8-12-24(21)30)27(35)18-34(39(3,37)38)22-13-14-25(31)23(29)16-22/h4-14,16,19,26H,15,17-18H2,1-3H3,(H,32,36)/t26-/m0/s1. The fourth-order valence-electron chi connectivity index (χ4n) is 4.00. The van der Waals surface area contributed by atoms with Crippen molar-refractivity contribution in [2.45, 2.75) is 38.9 Å². The van der Waals surface area contributed by atoms with Crippen molar-refractivity contribution in [3.8, 4) is 0 Å². The first-order valence-electron chi connectivity index (χ1n) is 12.2. The van der Waals surface area contributed by atoms with Crippen LogP contribution in [0, 0.1) is 11.6 Å². The van der Waals surface area contributed by atoms with Gasteiger partial charge in [0.25, 0.3) is 0 Å². The van der Waals surface area contributed by atoms with Crippen molar-refractivity contribution in [1.29, 1.82) is 0 Å². The number of benzene rings is 3. The van der Waals surface area contributed by atoms with Crippen LogP contribution >= 0.6 is 11.6 Å². The highest BCUT2D eigenvalue weighted by Crippen LogP contribution is 2.25. The molecule has 0 unspecified atom stereocenters. The van der Waals surface area contributed by atoms with Gasteiger partial charge in [-0.25, -0.2) is 17.2 Å². The molecule has 3 aromatic carbocycles. The molecule has 1 N–H and O–H groups in total. The van der Waals surface area contributed by atoms with Crippen LogP contribution in [0.1, 0.15) is 25.0 Å². The van der Waals surface area contributed by atoms with Gasteiger partial charge in [0.15, 0.2) is 0 Å². The molecule has 3 aromatic rings. The lowest BCUT2D eigenvalue weighted by Gasteiger charge is -2.34. The predicted molar refractivity (Wildman–Crippen MR) is 148 cm³/mol. The Kier molecular flexibility index (Phi) is 10.0. The van der Waals surface area contributed by atoms with Gasteiger partial charge in [0.1, 0.15) is 24.2 Å². The minimum absolute atomic E-state index is 0.0330. The number of sulfonamides is 1. The van der Waals surface area contributed by atoms with Crippen molar-refractivity contribution in [2.75, 3.05) is 17.1 Å². The fraction of sp³-hybridized carbons (Fsp3) is 0.286. The Labute approximate surface area is 232 Å². The molecule has 0 fully saturated rings. The number of carbonyl (C=O) groups is 2. The Balaban J connectivity index is 2.08. The minimum atomic E-state index is -4.05. The van der Waals surface area contributed by atoms with Gasteiger partial charge in [-0.15, -0.1) is 0 Å². The van der Waals surface area contributed by atoms with Crippen LogP contribution in [0.5, 0.6) is 0 Å². The quantitative estimate of drug-likeness (QED) is 0.362. The van der Waals surface area contributed by atoms with Gasteiger partial charge in [-0.2, -0.15) is 0 Å². The van der Waals surface area contributed by atoms with E-state index in [4.69, 9.17) is 11.6 Å². The van der Waals surface area contributed by atoms with Crippen molar-refractivity contribution in [3.63, 3.8) is 0 Å². The van der Waals surface area contributed by atoms with E-state index < -0.39 is 46.1 Å². The van der Waals surface area contributed by atoms with Crippen molar-refractivity contribution < 1.29 is 26.8 Å². The first-order valence-corrected chi connectivity index (χ1v) is 14.4. The molecule has 1 atom stereocenters. The first kappa shape index (κ1) is 30.0. The van der Waals surface area contributed by atoms with Crippen LogP contribution in [-0.4, -0.2) is 50.0 Å². The molecule has 0 aliphatic carbocycles. The van der Waals surface area contributed by atoms with Gasteiger partial charge in [0, 0.05) is 24.6 Å². The molecule has 208 valence electrons. The molecule has 2 amide bonds. The molecule has 0 bridgehead atoms. The highest BCUT2D eigenvalue weighted by Gasteiger charge is 2.33. The molecule has 0 spiro atoms. The van der Waals surface area contributed by atoms with Crippen LogP contribution in [0.2, 0.25) is 5.02 Å². The van der Waals surface area contributed by atoms with Crippen molar-refractivity contribution in [2.24, 2.45) is 0 Å². The maximum atomic E-state index is 14.7. The third-order valence-electron chi connectivity index (χ3n) is 5.87. The van der Waals surface area contributed by atoms with E-state index in [9.17, 15) is 26.8 Å². The summed E-state index contributed by atoms with van der Waals surface area (Å²) >= 11 is 5.88. The zero-order valence-corrected chi connectivity index (χ0v) is 23.3. The number of nitrogens with zero attached hydrogens (tertiary/aromatic N) is 2. The van der Waals surface area contributed by atoms with Crippen molar-refractivity contribution >= 4 is 39.1 Å². The van der Waals surface area contributed by atoms with Gasteiger partial charge in [0.2, 0.25) is 21.8 Å². The zero-order valence-electron chi connectivity index (χ0n) is 21.8. The molecule has 0 saturated carbocycles. The van der Waals surface area contributed by atoms with E-state index in [1.807, 2.05) is 6.07 Å². The number of hydrogen-bond acceptors (Lipinski definition) is 4. The predicted octanol–water partition coefficient (Wildman–Crippen LogP) is 4.55. The summed E-state index contributed by atoms with van der Waals surface area (Å²) in [5.41, 5.74) is 0.865. The average Bonchev–Trinajstić information content (AvgIpc) is 2.87. The third-order valence-corrected chi connectivity index (χ3v) is 7.30.